The second-order valence-electron chi connectivity index (χ2n) is 7.01. The number of aromatic carboxylic acids is 1. The number of carboxylic acids is 1. The van der Waals surface area contributed by atoms with E-state index in [0.717, 1.165) is 22.5 Å². The molecule has 0 spiro atoms. The molecule has 0 atom stereocenters. The summed E-state index contributed by atoms with van der Waals surface area (Å²) >= 11 is 0. The standard InChI is InChI=1S/C24H20N4O2/c1-15-7-11-17(12-8-15)25-22-23(26-18-13-9-16(2)10-14-18)28-21(27-22)19-5-3-4-6-20(19)24(29)30/h3-14H,1-2H3,(H,29,30)(H,25,26,27,28). The van der Waals surface area contributed by atoms with Crippen LogP contribution in [0.2, 0.25) is 0 Å². The summed E-state index contributed by atoms with van der Waals surface area (Å²) in [5, 5.41) is 12.8. The number of rotatable bonds is 4. The Morgan fingerprint density at radius 1 is 0.867 bits per heavy atom. The van der Waals surface area contributed by atoms with Gasteiger partial charge in [-0.15, -0.1) is 0 Å². The monoisotopic (exact) mass is 396 g/mol. The van der Waals surface area contributed by atoms with E-state index >= 15 is 0 Å². The zero-order valence-corrected chi connectivity index (χ0v) is 16.6. The molecule has 0 saturated heterocycles. The molecule has 0 bridgehead atoms. The van der Waals surface area contributed by atoms with Crippen molar-refractivity contribution in [2.45, 2.75) is 13.8 Å². The van der Waals surface area contributed by atoms with E-state index in [1.807, 2.05) is 62.4 Å². The predicted molar refractivity (Wildman–Crippen MR) is 120 cm³/mol. The molecule has 6 heteroatoms. The van der Waals surface area contributed by atoms with Crippen LogP contribution in [0, 0.1) is 13.8 Å². The van der Waals surface area contributed by atoms with Gasteiger partial charge in [0.15, 0.2) is 17.5 Å². The summed E-state index contributed by atoms with van der Waals surface area (Å²) in [4.78, 5) is 25.4. The highest BCUT2D eigenvalue weighted by Crippen LogP contribution is 2.20. The number of carbonyl (C=O) groups is 1. The fraction of sp³-hybridized carbons (Fsp3) is 0.0833. The molecular weight excluding hydrogens is 376 g/mol. The van der Waals surface area contributed by atoms with Gasteiger partial charge in [0.1, 0.15) is 0 Å². The van der Waals surface area contributed by atoms with Gasteiger partial charge in [-0.05, 0) is 44.2 Å². The minimum absolute atomic E-state index is 0.145. The van der Waals surface area contributed by atoms with E-state index < -0.39 is 5.97 Å². The van der Waals surface area contributed by atoms with Crippen molar-refractivity contribution in [2.24, 2.45) is 15.0 Å². The summed E-state index contributed by atoms with van der Waals surface area (Å²) in [5.41, 5.74) is 4.46. The minimum Gasteiger partial charge on any atom is -0.478 e. The van der Waals surface area contributed by atoms with Crippen LogP contribution in [0.15, 0.2) is 87.8 Å². The zero-order valence-electron chi connectivity index (χ0n) is 16.6. The van der Waals surface area contributed by atoms with Crippen LogP contribution in [0.5, 0.6) is 0 Å². The van der Waals surface area contributed by atoms with Gasteiger partial charge in [-0.25, -0.2) is 19.8 Å². The third-order valence-electron chi connectivity index (χ3n) is 4.62. The Bertz CT molecular complexity index is 1190. The van der Waals surface area contributed by atoms with Crippen LogP contribution in [0.25, 0.3) is 0 Å². The van der Waals surface area contributed by atoms with Gasteiger partial charge >= 0.3 is 5.97 Å². The van der Waals surface area contributed by atoms with Gasteiger partial charge in [0, 0.05) is 11.3 Å². The van der Waals surface area contributed by atoms with E-state index in [1.54, 1.807) is 18.2 Å². The fourth-order valence-corrected chi connectivity index (χ4v) is 3.00. The van der Waals surface area contributed by atoms with Crippen LogP contribution >= 0.6 is 0 Å². The minimum atomic E-state index is -1.03. The van der Waals surface area contributed by atoms with Crippen molar-refractivity contribution >= 4 is 34.9 Å². The predicted octanol–water partition coefficient (Wildman–Crippen LogP) is 5.00. The number of nitrogens with zero attached hydrogens (tertiary/aromatic N) is 3. The molecule has 0 radical (unpaired) electrons. The average Bonchev–Trinajstić information content (AvgIpc) is 3.13. The molecular formula is C24H20N4O2. The molecule has 30 heavy (non-hydrogen) atoms. The third kappa shape index (κ3) is 4.17. The maximum absolute atomic E-state index is 11.6. The molecule has 0 aromatic heterocycles. The Balaban J connectivity index is 1.77. The second kappa shape index (κ2) is 8.13. The Morgan fingerprint density at radius 3 is 2.17 bits per heavy atom. The molecule has 0 fully saturated rings. The molecule has 4 rings (SSSR count). The van der Waals surface area contributed by atoms with Crippen LogP contribution in [0.1, 0.15) is 27.0 Å². The summed E-state index contributed by atoms with van der Waals surface area (Å²) in [6.45, 7) is 4.03. The van der Waals surface area contributed by atoms with Crippen molar-refractivity contribution in [3.8, 4) is 0 Å². The lowest BCUT2D eigenvalue weighted by molar-refractivity contribution is 0.0696. The highest BCUT2D eigenvalue weighted by molar-refractivity contribution is 6.52. The van der Waals surface area contributed by atoms with Crippen LogP contribution in [0.4, 0.5) is 11.4 Å². The van der Waals surface area contributed by atoms with Gasteiger partial charge in [-0.2, -0.15) is 0 Å². The van der Waals surface area contributed by atoms with Gasteiger partial charge in [0.25, 0.3) is 0 Å². The SMILES string of the molecule is Cc1ccc(N=C2N=C(c3ccccc3C(=O)O)N=C2Nc2ccc(C)cc2)cc1. The lowest BCUT2D eigenvalue weighted by Crippen LogP contribution is -2.18. The Morgan fingerprint density at radius 2 is 1.50 bits per heavy atom. The van der Waals surface area contributed by atoms with Crippen molar-refractivity contribution < 1.29 is 9.90 Å². The normalized spacial score (nSPS) is 14.4. The van der Waals surface area contributed by atoms with E-state index in [9.17, 15) is 9.90 Å². The molecule has 0 aliphatic carbocycles. The fourth-order valence-electron chi connectivity index (χ4n) is 3.00. The first-order valence-electron chi connectivity index (χ1n) is 9.49. The summed E-state index contributed by atoms with van der Waals surface area (Å²) in [5.74, 6) is 0.151. The van der Waals surface area contributed by atoms with E-state index in [2.05, 4.69) is 20.3 Å². The van der Waals surface area contributed by atoms with Crippen molar-refractivity contribution in [1.82, 2.24) is 0 Å². The number of hydrogen-bond donors (Lipinski definition) is 2. The van der Waals surface area contributed by atoms with Gasteiger partial charge in [0.05, 0.1) is 11.3 Å². The first-order chi connectivity index (χ1) is 14.5. The van der Waals surface area contributed by atoms with Gasteiger partial charge in [-0.1, -0.05) is 53.6 Å². The smallest absolute Gasteiger partial charge is 0.336 e. The van der Waals surface area contributed by atoms with Crippen LogP contribution in [0.3, 0.4) is 0 Å². The van der Waals surface area contributed by atoms with Crippen LogP contribution < -0.4 is 5.32 Å². The summed E-state index contributed by atoms with van der Waals surface area (Å²) in [6.07, 6.45) is 0. The lowest BCUT2D eigenvalue weighted by atomic mass is 10.1. The zero-order chi connectivity index (χ0) is 21.1. The first kappa shape index (κ1) is 19.3. The van der Waals surface area contributed by atoms with Gasteiger partial charge in [-0.3, -0.25) is 0 Å². The lowest BCUT2D eigenvalue weighted by Gasteiger charge is -2.06. The summed E-state index contributed by atoms with van der Waals surface area (Å²) in [6, 6.07) is 22.3. The number of aryl methyl sites for hydroxylation is 2. The number of benzene rings is 3. The molecule has 0 amide bonds. The number of aliphatic imine (C=N–C) groups is 3. The molecule has 148 valence electrons. The third-order valence-corrected chi connectivity index (χ3v) is 4.62. The number of hydrogen-bond acceptors (Lipinski definition) is 4. The maximum Gasteiger partial charge on any atom is 0.336 e. The van der Waals surface area contributed by atoms with Crippen molar-refractivity contribution in [3.63, 3.8) is 0 Å². The quantitative estimate of drug-likeness (QED) is 0.650. The average molecular weight is 396 g/mol. The molecule has 0 unspecified atom stereocenters. The van der Waals surface area contributed by atoms with Gasteiger partial charge < -0.3 is 10.4 Å². The van der Waals surface area contributed by atoms with E-state index in [1.165, 1.54) is 6.07 Å². The van der Waals surface area contributed by atoms with Crippen molar-refractivity contribution in [2.75, 3.05) is 5.32 Å². The summed E-state index contributed by atoms with van der Waals surface area (Å²) in [7, 11) is 0. The topological polar surface area (TPSA) is 86.4 Å². The first-order valence-corrected chi connectivity index (χ1v) is 9.49. The number of anilines is 1. The molecule has 6 nitrogen and oxygen atoms in total. The summed E-state index contributed by atoms with van der Waals surface area (Å²) < 4.78 is 0. The highest BCUT2D eigenvalue weighted by atomic mass is 16.4. The maximum atomic E-state index is 11.6. The highest BCUT2D eigenvalue weighted by Gasteiger charge is 2.23. The van der Waals surface area contributed by atoms with Crippen LogP contribution in [-0.2, 0) is 0 Å². The van der Waals surface area contributed by atoms with E-state index in [-0.39, 0.29) is 5.56 Å². The number of amidine groups is 3. The molecule has 0 saturated carbocycles. The molecule has 1 aliphatic rings. The van der Waals surface area contributed by atoms with E-state index in [0.29, 0.717) is 23.1 Å². The van der Waals surface area contributed by atoms with Crippen LogP contribution in [-0.4, -0.2) is 28.6 Å². The second-order valence-corrected chi connectivity index (χ2v) is 7.01. The van der Waals surface area contributed by atoms with Crippen molar-refractivity contribution in [3.05, 3.63) is 95.1 Å². The molecule has 3 aromatic rings. The van der Waals surface area contributed by atoms with Gasteiger partial charge in [0.2, 0.25) is 0 Å². The molecule has 3 aromatic carbocycles. The Kier molecular flexibility index (Phi) is 5.22. The molecule has 2 N–H and O–H groups in total. The molecule has 1 heterocycles. The molecule has 1 aliphatic heterocycles. The number of carboxylic acid groups (broad SMARTS) is 1. The van der Waals surface area contributed by atoms with E-state index in [4.69, 9.17) is 0 Å². The number of nitrogens with one attached hydrogen (secondary N) is 1. The largest absolute Gasteiger partial charge is 0.478 e. The Labute approximate surface area is 174 Å². The Hall–Kier alpha value is -4.06. The van der Waals surface area contributed by atoms with Crippen molar-refractivity contribution in [1.29, 1.82) is 0 Å².